The number of unbranched alkanes of at least 4 members (excludes halogenated alkanes) is 5. The van der Waals surface area contributed by atoms with Crippen LogP contribution in [0.3, 0.4) is 0 Å². The predicted octanol–water partition coefficient (Wildman–Crippen LogP) is 7.51. The van der Waals surface area contributed by atoms with Gasteiger partial charge in [0.2, 0.25) is 0 Å². The maximum absolute atomic E-state index is 11.8. The van der Waals surface area contributed by atoms with Crippen LogP contribution in [0.15, 0.2) is 24.3 Å². The molecule has 5 heteroatoms. The lowest BCUT2D eigenvalue weighted by molar-refractivity contribution is -0.151. The van der Waals surface area contributed by atoms with Crippen molar-refractivity contribution in [3.05, 3.63) is 24.3 Å². The van der Waals surface area contributed by atoms with Gasteiger partial charge in [-0.25, -0.2) is 0 Å². The van der Waals surface area contributed by atoms with Gasteiger partial charge < -0.3 is 14.2 Å². The van der Waals surface area contributed by atoms with Crippen molar-refractivity contribution >= 4 is 21.9 Å². The maximum Gasteiger partial charge on any atom is 0.305 e. The molecule has 0 aliphatic carbocycles. The molecule has 0 heterocycles. The Bertz CT molecular complexity index is 399. The highest BCUT2D eigenvalue weighted by atomic mass is 79.9. The second-order valence-corrected chi connectivity index (χ2v) is 8.22. The highest BCUT2D eigenvalue weighted by molar-refractivity contribution is 9.09. The molecule has 0 rings (SSSR count). The molecule has 0 aromatic carbocycles. The van der Waals surface area contributed by atoms with Crippen molar-refractivity contribution in [2.75, 3.05) is 25.2 Å². The summed E-state index contributed by atoms with van der Waals surface area (Å²) in [4.78, 5) is 11.8. The van der Waals surface area contributed by atoms with Crippen LogP contribution in [0.4, 0.5) is 0 Å². The van der Waals surface area contributed by atoms with Crippen LogP contribution in [0.1, 0.15) is 97.3 Å². The predicted molar refractivity (Wildman–Crippen MR) is 130 cm³/mol. The van der Waals surface area contributed by atoms with Gasteiger partial charge in [-0.2, -0.15) is 0 Å². The summed E-state index contributed by atoms with van der Waals surface area (Å²) >= 11 is 3.38. The van der Waals surface area contributed by atoms with Crippen LogP contribution >= 0.6 is 15.9 Å². The molecule has 0 aliphatic rings. The maximum atomic E-state index is 11.8. The Hall–Kier alpha value is -0.650. The number of halogens is 1. The molecular weight excluding hydrogens is 444 g/mol. The largest absolute Gasteiger partial charge is 0.466 e. The number of rotatable bonds is 22. The minimum atomic E-state index is -0.219. The summed E-state index contributed by atoms with van der Waals surface area (Å²) in [6.07, 6.45) is 21.3. The first-order chi connectivity index (χ1) is 14.7. The fraction of sp³-hybridized carbons (Fsp3) is 0.800. The molecule has 0 N–H and O–H groups in total. The van der Waals surface area contributed by atoms with Crippen LogP contribution < -0.4 is 0 Å². The molecule has 0 radical (unpaired) electrons. The zero-order valence-electron chi connectivity index (χ0n) is 19.4. The Morgan fingerprint density at radius 2 is 1.33 bits per heavy atom. The topological polar surface area (TPSA) is 44.8 Å². The van der Waals surface area contributed by atoms with Crippen molar-refractivity contribution in [3.8, 4) is 0 Å². The normalized spacial score (nSPS) is 11.9. The molecule has 0 unspecified atom stereocenters. The second-order valence-electron chi connectivity index (χ2n) is 7.43. The lowest BCUT2D eigenvalue weighted by atomic mass is 10.2. The van der Waals surface area contributed by atoms with Gasteiger partial charge in [0.15, 0.2) is 6.29 Å². The summed E-state index contributed by atoms with van der Waals surface area (Å²) in [5.41, 5.74) is 0. The van der Waals surface area contributed by atoms with Crippen LogP contribution in [0, 0.1) is 0 Å². The van der Waals surface area contributed by atoms with Crippen molar-refractivity contribution < 1.29 is 19.0 Å². The summed E-state index contributed by atoms with van der Waals surface area (Å²) in [6, 6.07) is 0. The third-order valence-electron chi connectivity index (χ3n) is 4.55. The minimum absolute atomic E-state index is 0.117. The molecule has 0 aromatic heterocycles. The van der Waals surface area contributed by atoms with Gasteiger partial charge in [-0.1, -0.05) is 54.1 Å². The van der Waals surface area contributed by atoms with E-state index in [1.54, 1.807) is 0 Å². The first-order valence-corrected chi connectivity index (χ1v) is 13.1. The first kappa shape index (κ1) is 29.4. The van der Waals surface area contributed by atoms with E-state index >= 15 is 0 Å². The number of alkyl halides is 1. The molecule has 0 atom stereocenters. The summed E-state index contributed by atoms with van der Waals surface area (Å²) < 4.78 is 17.2. The van der Waals surface area contributed by atoms with Crippen LogP contribution in [0.2, 0.25) is 0 Å². The van der Waals surface area contributed by atoms with E-state index in [4.69, 9.17) is 14.2 Å². The molecule has 4 nitrogen and oxygen atoms in total. The number of esters is 1. The number of carbonyl (C=O) groups excluding carboxylic acids is 1. The monoisotopic (exact) mass is 488 g/mol. The highest BCUT2D eigenvalue weighted by Crippen LogP contribution is 2.11. The minimum Gasteiger partial charge on any atom is -0.466 e. The zero-order valence-corrected chi connectivity index (χ0v) is 21.0. The van der Waals surface area contributed by atoms with Crippen LogP contribution in [0.5, 0.6) is 0 Å². The van der Waals surface area contributed by atoms with Crippen LogP contribution in [-0.4, -0.2) is 37.4 Å². The zero-order chi connectivity index (χ0) is 22.1. The van der Waals surface area contributed by atoms with Gasteiger partial charge in [0.05, 0.1) is 6.61 Å². The summed E-state index contributed by atoms with van der Waals surface area (Å²) in [7, 11) is 0. The van der Waals surface area contributed by atoms with Crippen molar-refractivity contribution in [2.24, 2.45) is 0 Å². The third-order valence-corrected chi connectivity index (χ3v) is 5.11. The Balaban J connectivity index is 4.05. The quantitative estimate of drug-likeness (QED) is 0.0519. The number of allylic oxidation sites excluding steroid dienone is 4. The fourth-order valence-electron chi connectivity index (χ4n) is 2.81. The Morgan fingerprint density at radius 1 is 0.767 bits per heavy atom. The van der Waals surface area contributed by atoms with E-state index in [0.29, 0.717) is 26.2 Å². The molecule has 0 fully saturated rings. The van der Waals surface area contributed by atoms with E-state index in [1.165, 1.54) is 0 Å². The Kier molecular flexibility index (Phi) is 24.1. The van der Waals surface area contributed by atoms with Gasteiger partial charge in [0, 0.05) is 25.0 Å². The highest BCUT2D eigenvalue weighted by Gasteiger charge is 2.11. The molecule has 0 bridgehead atoms. The van der Waals surface area contributed by atoms with E-state index in [0.717, 1.165) is 82.4 Å². The van der Waals surface area contributed by atoms with E-state index in [-0.39, 0.29) is 12.3 Å². The summed E-state index contributed by atoms with van der Waals surface area (Å²) in [5, 5.41) is 0.949. The van der Waals surface area contributed by atoms with Gasteiger partial charge in [-0.15, -0.1) is 0 Å². The first-order valence-electron chi connectivity index (χ1n) is 12.0. The van der Waals surface area contributed by atoms with Gasteiger partial charge in [-0.3, -0.25) is 4.79 Å². The van der Waals surface area contributed by atoms with Crippen molar-refractivity contribution in [1.29, 1.82) is 0 Å². The molecule has 0 spiro atoms. The van der Waals surface area contributed by atoms with Gasteiger partial charge in [0.25, 0.3) is 0 Å². The fourth-order valence-corrected chi connectivity index (χ4v) is 3.21. The molecule has 0 saturated carbocycles. The summed E-state index contributed by atoms with van der Waals surface area (Å²) in [5.74, 6) is -0.117. The molecule has 176 valence electrons. The number of hydrogen-bond acceptors (Lipinski definition) is 4. The van der Waals surface area contributed by atoms with Gasteiger partial charge in [-0.05, 0) is 77.0 Å². The van der Waals surface area contributed by atoms with E-state index in [2.05, 4.69) is 54.1 Å². The standard InChI is InChI=1S/C25H45BrO4/c1-3-5-7-9-11-14-22-29-25(30-23-15-12-10-8-6-4-2)19-17-18-24(27)28-21-16-13-20-26/h5-8,25H,3-4,9-23H2,1-2H3/b7-5-,8-6-. The second kappa shape index (κ2) is 24.6. The van der Waals surface area contributed by atoms with Gasteiger partial charge in [0.1, 0.15) is 0 Å². The Morgan fingerprint density at radius 3 is 1.87 bits per heavy atom. The SMILES string of the molecule is CC/C=C\CCCCOC(CCCC(=O)OCCCCBr)OCCCC/C=C\CC. The third kappa shape index (κ3) is 22.0. The van der Waals surface area contributed by atoms with Crippen molar-refractivity contribution in [1.82, 2.24) is 0 Å². The average molecular weight is 490 g/mol. The Labute approximate surface area is 193 Å². The number of hydrogen-bond donors (Lipinski definition) is 0. The number of ether oxygens (including phenoxy) is 3. The molecular formula is C25H45BrO4. The van der Waals surface area contributed by atoms with E-state index in [1.807, 2.05) is 0 Å². The lowest BCUT2D eigenvalue weighted by Crippen LogP contribution is -2.19. The molecule has 30 heavy (non-hydrogen) atoms. The van der Waals surface area contributed by atoms with Crippen LogP contribution in [0.25, 0.3) is 0 Å². The van der Waals surface area contributed by atoms with E-state index in [9.17, 15) is 4.79 Å². The smallest absolute Gasteiger partial charge is 0.305 e. The average Bonchev–Trinajstić information content (AvgIpc) is 2.75. The molecule has 0 saturated heterocycles. The van der Waals surface area contributed by atoms with Crippen LogP contribution in [-0.2, 0) is 19.0 Å². The molecule has 0 aliphatic heterocycles. The van der Waals surface area contributed by atoms with E-state index < -0.39 is 0 Å². The number of carbonyl (C=O) groups is 1. The summed E-state index contributed by atoms with van der Waals surface area (Å²) in [6.45, 7) is 6.24. The van der Waals surface area contributed by atoms with Gasteiger partial charge >= 0.3 is 5.97 Å². The molecule has 0 amide bonds. The van der Waals surface area contributed by atoms with Crippen molar-refractivity contribution in [2.45, 2.75) is 104 Å². The lowest BCUT2D eigenvalue weighted by Gasteiger charge is -2.18. The van der Waals surface area contributed by atoms with Crippen molar-refractivity contribution in [3.63, 3.8) is 0 Å². The molecule has 0 aromatic rings.